The number of rotatable bonds is 5. The van der Waals surface area contributed by atoms with Gasteiger partial charge in [0.1, 0.15) is 22.7 Å². The molecule has 0 saturated carbocycles. The molecule has 4 rings (SSSR count). The SMILES string of the molecule is Cc1noc(C)c1CO[C@H]1CCOC[C@H]1Nc1ncnc2sccc12. The number of anilines is 1. The predicted octanol–water partition coefficient (Wildman–Crippen LogP) is 3.08. The Morgan fingerprint density at radius 2 is 2.28 bits per heavy atom. The van der Waals surface area contributed by atoms with E-state index in [-0.39, 0.29) is 12.1 Å². The molecular weight excluding hydrogens is 340 g/mol. The summed E-state index contributed by atoms with van der Waals surface area (Å²) in [4.78, 5) is 9.66. The van der Waals surface area contributed by atoms with Gasteiger partial charge in [-0.2, -0.15) is 0 Å². The van der Waals surface area contributed by atoms with Crippen LogP contribution in [0.4, 0.5) is 5.82 Å². The molecule has 2 atom stereocenters. The zero-order valence-corrected chi connectivity index (χ0v) is 15.0. The molecule has 0 aromatic carbocycles. The van der Waals surface area contributed by atoms with Crippen molar-refractivity contribution in [2.24, 2.45) is 0 Å². The molecule has 1 fully saturated rings. The molecule has 8 heteroatoms. The Hall–Kier alpha value is -2.03. The first-order valence-corrected chi connectivity index (χ1v) is 9.16. The van der Waals surface area contributed by atoms with Crippen LogP contribution in [-0.2, 0) is 16.1 Å². The first-order chi connectivity index (χ1) is 12.2. The maximum absolute atomic E-state index is 6.18. The Morgan fingerprint density at radius 3 is 3.12 bits per heavy atom. The normalized spacial score (nSPS) is 20.9. The third-order valence-electron chi connectivity index (χ3n) is 4.50. The van der Waals surface area contributed by atoms with Crippen molar-refractivity contribution in [3.63, 3.8) is 0 Å². The van der Waals surface area contributed by atoms with Gasteiger partial charge in [0.05, 0.1) is 36.4 Å². The molecule has 4 heterocycles. The van der Waals surface area contributed by atoms with Crippen molar-refractivity contribution in [3.05, 3.63) is 34.8 Å². The largest absolute Gasteiger partial charge is 0.379 e. The van der Waals surface area contributed by atoms with E-state index in [1.165, 1.54) is 0 Å². The first kappa shape index (κ1) is 16.4. The Balaban J connectivity index is 1.48. The molecule has 1 aliphatic heterocycles. The first-order valence-electron chi connectivity index (χ1n) is 8.28. The number of ether oxygens (including phenoxy) is 2. The van der Waals surface area contributed by atoms with Crippen LogP contribution < -0.4 is 5.32 Å². The van der Waals surface area contributed by atoms with Gasteiger partial charge in [-0.15, -0.1) is 11.3 Å². The summed E-state index contributed by atoms with van der Waals surface area (Å²) in [5.74, 6) is 1.64. The van der Waals surface area contributed by atoms with Crippen LogP contribution in [0.25, 0.3) is 10.2 Å². The number of nitrogens with one attached hydrogen (secondary N) is 1. The molecule has 0 radical (unpaired) electrons. The minimum atomic E-state index is 0.0334. The van der Waals surface area contributed by atoms with Crippen molar-refractivity contribution in [3.8, 4) is 0 Å². The van der Waals surface area contributed by atoms with Gasteiger partial charge in [0, 0.05) is 12.2 Å². The Kier molecular flexibility index (Phi) is 4.65. The van der Waals surface area contributed by atoms with Crippen LogP contribution in [0.3, 0.4) is 0 Å². The molecule has 132 valence electrons. The number of aryl methyl sites for hydroxylation is 2. The fraction of sp³-hybridized carbons (Fsp3) is 0.471. The van der Waals surface area contributed by atoms with Crippen LogP contribution in [0.15, 0.2) is 22.3 Å². The molecule has 0 amide bonds. The smallest absolute Gasteiger partial charge is 0.139 e. The Bertz CT molecular complexity index is 843. The van der Waals surface area contributed by atoms with Crippen molar-refractivity contribution in [1.29, 1.82) is 0 Å². The summed E-state index contributed by atoms with van der Waals surface area (Å²) in [7, 11) is 0. The number of aromatic nitrogens is 3. The number of nitrogens with zero attached hydrogens (tertiary/aromatic N) is 3. The quantitative estimate of drug-likeness (QED) is 0.748. The van der Waals surface area contributed by atoms with E-state index in [0.29, 0.717) is 19.8 Å². The van der Waals surface area contributed by atoms with Crippen molar-refractivity contribution in [2.75, 3.05) is 18.5 Å². The van der Waals surface area contributed by atoms with Crippen LogP contribution in [0, 0.1) is 13.8 Å². The number of thiophene rings is 1. The topological polar surface area (TPSA) is 82.3 Å². The average molecular weight is 360 g/mol. The number of hydrogen-bond acceptors (Lipinski definition) is 8. The molecule has 0 bridgehead atoms. The Morgan fingerprint density at radius 1 is 1.36 bits per heavy atom. The van der Waals surface area contributed by atoms with E-state index in [1.54, 1.807) is 17.7 Å². The number of hydrogen-bond donors (Lipinski definition) is 1. The van der Waals surface area contributed by atoms with Gasteiger partial charge in [-0.1, -0.05) is 5.16 Å². The Labute approximate surface area is 149 Å². The van der Waals surface area contributed by atoms with Crippen LogP contribution >= 0.6 is 11.3 Å². The van der Waals surface area contributed by atoms with Gasteiger partial charge in [0.25, 0.3) is 0 Å². The van der Waals surface area contributed by atoms with E-state index < -0.39 is 0 Å². The standard InChI is InChI=1S/C17H20N4O3S/c1-10-13(11(2)24-21-10)7-23-15-3-5-22-8-14(15)20-16-12-4-6-25-17(12)19-9-18-16/h4,6,9,14-15H,3,5,7-8H2,1-2H3,(H,18,19,20)/t14-,15+/m1/s1. The van der Waals surface area contributed by atoms with E-state index in [1.807, 2.05) is 25.3 Å². The second kappa shape index (κ2) is 7.07. The summed E-state index contributed by atoms with van der Waals surface area (Å²) < 4.78 is 17.0. The third-order valence-corrected chi connectivity index (χ3v) is 5.32. The summed E-state index contributed by atoms with van der Waals surface area (Å²) in [5, 5.41) is 10.5. The van der Waals surface area contributed by atoms with Gasteiger partial charge in [0.15, 0.2) is 0 Å². The van der Waals surface area contributed by atoms with Crippen molar-refractivity contribution >= 4 is 27.4 Å². The lowest BCUT2D eigenvalue weighted by molar-refractivity contribution is -0.0481. The van der Waals surface area contributed by atoms with Crippen molar-refractivity contribution in [2.45, 2.75) is 39.0 Å². The second-order valence-electron chi connectivity index (χ2n) is 6.13. The molecule has 0 unspecified atom stereocenters. The van der Waals surface area contributed by atoms with Crippen LogP contribution in [0.5, 0.6) is 0 Å². The molecule has 3 aromatic rings. The maximum atomic E-state index is 6.18. The van der Waals surface area contributed by atoms with Gasteiger partial charge in [-0.05, 0) is 31.7 Å². The molecule has 1 saturated heterocycles. The lowest BCUT2D eigenvalue weighted by Gasteiger charge is -2.32. The van der Waals surface area contributed by atoms with Gasteiger partial charge >= 0.3 is 0 Å². The fourth-order valence-electron chi connectivity index (χ4n) is 3.03. The molecule has 25 heavy (non-hydrogen) atoms. The second-order valence-corrected chi connectivity index (χ2v) is 7.02. The summed E-state index contributed by atoms with van der Waals surface area (Å²) >= 11 is 1.61. The van der Waals surface area contributed by atoms with Gasteiger partial charge in [-0.3, -0.25) is 0 Å². The highest BCUT2D eigenvalue weighted by Gasteiger charge is 2.28. The summed E-state index contributed by atoms with van der Waals surface area (Å²) in [6, 6.07) is 2.07. The van der Waals surface area contributed by atoms with E-state index in [0.717, 1.165) is 39.5 Å². The van der Waals surface area contributed by atoms with E-state index >= 15 is 0 Å². The van der Waals surface area contributed by atoms with Gasteiger partial charge in [-0.25, -0.2) is 9.97 Å². The maximum Gasteiger partial charge on any atom is 0.139 e. The molecule has 3 aromatic heterocycles. The molecule has 0 aliphatic carbocycles. The molecular formula is C17H20N4O3S. The zero-order chi connectivity index (χ0) is 17.2. The van der Waals surface area contributed by atoms with E-state index in [9.17, 15) is 0 Å². The highest BCUT2D eigenvalue weighted by Crippen LogP contribution is 2.26. The van der Waals surface area contributed by atoms with Crippen molar-refractivity contribution in [1.82, 2.24) is 15.1 Å². The number of fused-ring (bicyclic) bond motifs is 1. The van der Waals surface area contributed by atoms with Gasteiger partial charge in [0.2, 0.25) is 0 Å². The molecule has 7 nitrogen and oxygen atoms in total. The molecule has 0 spiro atoms. The third kappa shape index (κ3) is 3.37. The predicted molar refractivity (Wildman–Crippen MR) is 94.8 cm³/mol. The minimum Gasteiger partial charge on any atom is -0.379 e. The summed E-state index contributed by atoms with van der Waals surface area (Å²) in [6.07, 6.45) is 2.45. The van der Waals surface area contributed by atoms with Crippen LogP contribution in [0.2, 0.25) is 0 Å². The van der Waals surface area contributed by atoms with E-state index in [4.69, 9.17) is 14.0 Å². The van der Waals surface area contributed by atoms with Crippen LogP contribution in [0.1, 0.15) is 23.4 Å². The highest BCUT2D eigenvalue weighted by atomic mass is 32.1. The average Bonchev–Trinajstić information content (AvgIpc) is 3.22. The molecule has 1 aliphatic rings. The zero-order valence-electron chi connectivity index (χ0n) is 14.2. The molecule has 1 N–H and O–H groups in total. The fourth-order valence-corrected chi connectivity index (χ4v) is 3.76. The van der Waals surface area contributed by atoms with Crippen molar-refractivity contribution < 1.29 is 14.0 Å². The monoisotopic (exact) mass is 360 g/mol. The lowest BCUT2D eigenvalue weighted by Crippen LogP contribution is -2.44. The highest BCUT2D eigenvalue weighted by molar-refractivity contribution is 7.16. The van der Waals surface area contributed by atoms with E-state index in [2.05, 4.69) is 20.4 Å². The lowest BCUT2D eigenvalue weighted by atomic mass is 10.1. The minimum absolute atomic E-state index is 0.0334. The summed E-state index contributed by atoms with van der Waals surface area (Å²) in [5.41, 5.74) is 1.90. The van der Waals surface area contributed by atoms with Crippen LogP contribution in [-0.4, -0.2) is 40.5 Å². The summed E-state index contributed by atoms with van der Waals surface area (Å²) in [6.45, 7) is 5.61. The van der Waals surface area contributed by atoms with Gasteiger partial charge < -0.3 is 19.3 Å².